The molecule has 0 radical (unpaired) electrons. The van der Waals surface area contributed by atoms with Gasteiger partial charge in [-0.1, -0.05) is 19.6 Å². The third-order valence-corrected chi connectivity index (χ3v) is 3.97. The lowest BCUT2D eigenvalue weighted by molar-refractivity contribution is -0.385. The summed E-state index contributed by atoms with van der Waals surface area (Å²) >= 11 is 0. The van der Waals surface area contributed by atoms with E-state index in [1.165, 1.54) is 0 Å². The Hall–Kier alpha value is -1.30. The van der Waals surface area contributed by atoms with Crippen LogP contribution in [0.1, 0.15) is 0 Å². The zero-order chi connectivity index (χ0) is 11.8. The molecule has 1 aromatic rings. The van der Waals surface area contributed by atoms with Gasteiger partial charge < -0.3 is 0 Å². The summed E-state index contributed by atoms with van der Waals surface area (Å²) in [5.74, 6) is -1.64. The van der Waals surface area contributed by atoms with Gasteiger partial charge in [-0.3, -0.25) is 10.1 Å². The first-order valence-electron chi connectivity index (χ1n) is 4.37. The van der Waals surface area contributed by atoms with Crippen molar-refractivity contribution < 1.29 is 13.7 Å². The second kappa shape index (κ2) is 3.69. The van der Waals surface area contributed by atoms with E-state index in [4.69, 9.17) is 0 Å². The van der Waals surface area contributed by atoms with E-state index >= 15 is 0 Å². The second-order valence-corrected chi connectivity index (χ2v) is 9.29. The quantitative estimate of drug-likeness (QED) is 0.445. The Kier molecular flexibility index (Phi) is 2.90. The first kappa shape index (κ1) is 11.8. The van der Waals surface area contributed by atoms with Crippen LogP contribution in [0.3, 0.4) is 0 Å². The first-order chi connectivity index (χ1) is 6.73. The lowest BCUT2D eigenvalue weighted by atomic mass is 10.3. The van der Waals surface area contributed by atoms with Crippen LogP contribution in [0.4, 0.5) is 14.5 Å². The normalized spacial score (nSPS) is 11.5. The van der Waals surface area contributed by atoms with Gasteiger partial charge in [-0.05, 0) is 0 Å². The average molecular weight is 231 g/mol. The summed E-state index contributed by atoms with van der Waals surface area (Å²) in [7, 11) is -2.15. The molecule has 0 aromatic heterocycles. The van der Waals surface area contributed by atoms with Crippen LogP contribution in [0.5, 0.6) is 0 Å². The Morgan fingerprint density at radius 3 is 1.87 bits per heavy atom. The van der Waals surface area contributed by atoms with Gasteiger partial charge in [-0.25, -0.2) is 8.78 Å². The minimum Gasteiger partial charge on any atom is -0.258 e. The van der Waals surface area contributed by atoms with Crippen LogP contribution in [0.2, 0.25) is 19.6 Å². The molecule has 0 unspecified atom stereocenters. The monoisotopic (exact) mass is 231 g/mol. The summed E-state index contributed by atoms with van der Waals surface area (Å²) in [6.07, 6.45) is 0. The van der Waals surface area contributed by atoms with Gasteiger partial charge in [-0.2, -0.15) is 0 Å². The van der Waals surface area contributed by atoms with E-state index in [0.29, 0.717) is 0 Å². The van der Waals surface area contributed by atoms with Crippen molar-refractivity contribution in [2.45, 2.75) is 19.6 Å². The van der Waals surface area contributed by atoms with Crippen LogP contribution in [-0.2, 0) is 0 Å². The molecule has 3 nitrogen and oxygen atoms in total. The van der Waals surface area contributed by atoms with Crippen molar-refractivity contribution in [1.82, 2.24) is 0 Å². The molecule has 0 saturated carbocycles. The van der Waals surface area contributed by atoms with Crippen LogP contribution in [0.25, 0.3) is 0 Å². The van der Waals surface area contributed by atoms with Gasteiger partial charge in [-0.15, -0.1) is 0 Å². The van der Waals surface area contributed by atoms with Crippen LogP contribution in [0.15, 0.2) is 12.1 Å². The molecule has 1 rings (SSSR count). The maximum absolute atomic E-state index is 13.5. The highest BCUT2D eigenvalue weighted by Crippen LogP contribution is 2.17. The maximum atomic E-state index is 13.5. The molecule has 0 amide bonds. The summed E-state index contributed by atoms with van der Waals surface area (Å²) in [5.41, 5.74) is -0.549. The number of hydrogen-bond donors (Lipinski definition) is 0. The molecule has 0 aliphatic rings. The highest BCUT2D eigenvalue weighted by molar-refractivity contribution is 6.88. The van der Waals surface area contributed by atoms with Gasteiger partial charge in [0, 0.05) is 5.19 Å². The number of nitrogens with zero attached hydrogens (tertiary/aromatic N) is 1. The van der Waals surface area contributed by atoms with Gasteiger partial charge in [0.05, 0.1) is 25.1 Å². The van der Waals surface area contributed by atoms with Crippen LogP contribution in [-0.4, -0.2) is 13.0 Å². The van der Waals surface area contributed by atoms with Crippen molar-refractivity contribution >= 4 is 18.9 Å². The van der Waals surface area contributed by atoms with Gasteiger partial charge in [0.2, 0.25) is 0 Å². The standard InChI is InChI=1S/C9H11F2NO2Si/c1-15(2,3)9-7(10)4-6(12(13)14)5-8(9)11/h4-5H,1-3H3. The highest BCUT2D eigenvalue weighted by atomic mass is 28.3. The molecule has 6 heteroatoms. The molecular weight excluding hydrogens is 220 g/mol. The van der Waals surface area contributed by atoms with Crippen LogP contribution in [0, 0.1) is 21.7 Å². The summed E-state index contributed by atoms with van der Waals surface area (Å²) in [6, 6.07) is 1.55. The molecule has 82 valence electrons. The first-order valence-corrected chi connectivity index (χ1v) is 7.87. The SMILES string of the molecule is C[Si](C)(C)c1c(F)cc([N+](=O)[O-])cc1F. The zero-order valence-electron chi connectivity index (χ0n) is 8.67. The van der Waals surface area contributed by atoms with E-state index in [1.807, 2.05) is 0 Å². The van der Waals surface area contributed by atoms with Gasteiger partial charge in [0.1, 0.15) is 11.6 Å². The third-order valence-electron chi connectivity index (χ3n) is 1.99. The number of nitro groups is 1. The predicted octanol–water partition coefficient (Wildman–Crippen LogP) is 2.42. The molecule has 0 heterocycles. The van der Waals surface area contributed by atoms with Gasteiger partial charge in [0.15, 0.2) is 0 Å². The fourth-order valence-electron chi connectivity index (χ4n) is 1.38. The van der Waals surface area contributed by atoms with Crippen molar-refractivity contribution in [2.75, 3.05) is 0 Å². The lowest BCUT2D eigenvalue weighted by Crippen LogP contribution is -2.42. The van der Waals surface area contributed by atoms with E-state index in [-0.39, 0.29) is 5.19 Å². The van der Waals surface area contributed by atoms with E-state index < -0.39 is 30.3 Å². The number of hydrogen-bond acceptors (Lipinski definition) is 2. The number of benzene rings is 1. The van der Waals surface area contributed by atoms with Gasteiger partial charge in [0.25, 0.3) is 5.69 Å². The summed E-state index contributed by atoms with van der Waals surface area (Å²) in [4.78, 5) is 9.54. The fraction of sp³-hybridized carbons (Fsp3) is 0.333. The molecule has 0 bridgehead atoms. The Morgan fingerprint density at radius 2 is 1.60 bits per heavy atom. The molecule has 0 spiro atoms. The largest absolute Gasteiger partial charge is 0.275 e. The summed E-state index contributed by atoms with van der Waals surface area (Å²) in [6.45, 7) is 5.33. The molecule has 0 aliphatic carbocycles. The molecule has 0 aliphatic heterocycles. The van der Waals surface area contributed by atoms with E-state index in [9.17, 15) is 18.9 Å². The lowest BCUT2D eigenvalue weighted by Gasteiger charge is -2.17. The van der Waals surface area contributed by atoms with E-state index in [2.05, 4.69) is 0 Å². The minimum atomic E-state index is -2.15. The zero-order valence-corrected chi connectivity index (χ0v) is 9.67. The topological polar surface area (TPSA) is 43.1 Å². The van der Waals surface area contributed by atoms with Crippen LogP contribution < -0.4 is 5.19 Å². The second-order valence-electron chi connectivity index (χ2n) is 4.29. The molecule has 15 heavy (non-hydrogen) atoms. The number of halogens is 2. The predicted molar refractivity (Wildman–Crippen MR) is 56.0 cm³/mol. The van der Waals surface area contributed by atoms with Crippen molar-refractivity contribution in [3.05, 3.63) is 33.9 Å². The maximum Gasteiger partial charge on any atom is 0.275 e. The van der Waals surface area contributed by atoms with Crippen molar-refractivity contribution in [2.24, 2.45) is 0 Å². The van der Waals surface area contributed by atoms with E-state index in [1.54, 1.807) is 19.6 Å². The Bertz CT molecular complexity index is 392. The number of non-ortho nitro benzene ring substituents is 1. The highest BCUT2D eigenvalue weighted by Gasteiger charge is 2.27. The third kappa shape index (κ3) is 2.38. The molecular formula is C9H11F2NO2Si. The summed E-state index contributed by atoms with van der Waals surface area (Å²) in [5, 5.41) is 10.4. The molecule has 0 fully saturated rings. The van der Waals surface area contributed by atoms with E-state index in [0.717, 1.165) is 12.1 Å². The van der Waals surface area contributed by atoms with Crippen molar-refractivity contribution in [3.8, 4) is 0 Å². The minimum absolute atomic E-state index is 0.00750. The Labute approximate surface area is 86.9 Å². The van der Waals surface area contributed by atoms with Crippen LogP contribution >= 0.6 is 0 Å². The molecule has 0 atom stereocenters. The number of rotatable bonds is 2. The van der Waals surface area contributed by atoms with Crippen molar-refractivity contribution in [3.63, 3.8) is 0 Å². The molecule has 1 aromatic carbocycles. The van der Waals surface area contributed by atoms with Crippen molar-refractivity contribution in [1.29, 1.82) is 0 Å². The smallest absolute Gasteiger partial charge is 0.258 e. The number of nitro benzene ring substituents is 1. The fourth-order valence-corrected chi connectivity index (χ4v) is 2.96. The van der Waals surface area contributed by atoms with Gasteiger partial charge >= 0.3 is 0 Å². The Balaban J connectivity index is 3.41. The molecule has 0 N–H and O–H groups in total. The average Bonchev–Trinajstić information content (AvgIpc) is 1.99. The summed E-state index contributed by atoms with van der Waals surface area (Å²) < 4.78 is 26.9. The Morgan fingerprint density at radius 1 is 1.20 bits per heavy atom. The molecule has 0 saturated heterocycles.